The van der Waals surface area contributed by atoms with Gasteiger partial charge >= 0.3 is 6.09 Å². The number of imide groups is 1. The van der Waals surface area contributed by atoms with E-state index >= 15 is 0 Å². The Morgan fingerprint density at radius 3 is 2.33 bits per heavy atom. The molecule has 1 aromatic heterocycles. The van der Waals surface area contributed by atoms with E-state index in [0.717, 1.165) is 38.9 Å². The van der Waals surface area contributed by atoms with Crippen LogP contribution >= 0.6 is 11.8 Å². The minimum absolute atomic E-state index is 0.00282. The minimum Gasteiger partial charge on any atom is -0.445 e. The summed E-state index contributed by atoms with van der Waals surface area (Å²) in [6.07, 6.45) is 1.43. The molecule has 276 valence electrons. The van der Waals surface area contributed by atoms with Crippen molar-refractivity contribution in [3.05, 3.63) is 149 Å². The topological polar surface area (TPSA) is 140 Å². The van der Waals surface area contributed by atoms with Crippen LogP contribution in [-0.2, 0) is 43.6 Å². The first-order valence-corrected chi connectivity index (χ1v) is 18.7. The molecule has 0 radical (unpaired) electrons. The van der Waals surface area contributed by atoms with E-state index in [2.05, 4.69) is 22.2 Å². The van der Waals surface area contributed by atoms with Crippen LogP contribution in [0.1, 0.15) is 53.6 Å². The van der Waals surface area contributed by atoms with Gasteiger partial charge in [0.2, 0.25) is 5.91 Å². The fourth-order valence-electron chi connectivity index (χ4n) is 6.59. The average Bonchev–Trinajstić information content (AvgIpc) is 3.47. The molecule has 0 bridgehead atoms. The highest BCUT2D eigenvalue weighted by molar-refractivity contribution is 7.99. The fourth-order valence-corrected chi connectivity index (χ4v) is 7.56. The summed E-state index contributed by atoms with van der Waals surface area (Å²) in [6, 6.07) is 33.4. The number of aliphatic hydroxyl groups excluding tert-OH is 1. The molecule has 0 spiro atoms. The van der Waals surface area contributed by atoms with Gasteiger partial charge in [-0.05, 0) is 51.6 Å². The van der Waals surface area contributed by atoms with Gasteiger partial charge in [0, 0.05) is 29.6 Å². The quantitative estimate of drug-likeness (QED) is 0.0799. The highest BCUT2D eigenvalue weighted by atomic mass is 32.2. The molecule has 3 heterocycles. The van der Waals surface area contributed by atoms with Crippen molar-refractivity contribution in [2.45, 2.75) is 62.8 Å². The second-order valence-corrected chi connectivity index (χ2v) is 14.3. The summed E-state index contributed by atoms with van der Waals surface area (Å²) in [5.74, 6) is -0.217. The van der Waals surface area contributed by atoms with E-state index in [-0.39, 0.29) is 50.2 Å². The second kappa shape index (κ2) is 17.2. The van der Waals surface area contributed by atoms with E-state index in [0.29, 0.717) is 10.9 Å². The van der Waals surface area contributed by atoms with Crippen LogP contribution in [0.3, 0.4) is 0 Å². The molecule has 2 aliphatic heterocycles. The van der Waals surface area contributed by atoms with E-state index in [1.165, 1.54) is 16.7 Å². The number of rotatable bonds is 12. The van der Waals surface area contributed by atoms with Crippen LogP contribution in [0.15, 0.2) is 127 Å². The minimum atomic E-state index is -0.988. The molecule has 5 aromatic rings. The van der Waals surface area contributed by atoms with Gasteiger partial charge in [0.05, 0.1) is 31.8 Å². The first-order valence-electron chi connectivity index (χ1n) is 17.8. The normalized spacial score (nSPS) is 21.2. The van der Waals surface area contributed by atoms with E-state index in [1.54, 1.807) is 18.5 Å². The number of benzene rings is 4. The molecule has 5 atom stereocenters. The monoisotopic (exact) mass is 744 g/mol. The highest BCUT2D eigenvalue weighted by Crippen LogP contribution is 2.43. The van der Waals surface area contributed by atoms with Gasteiger partial charge in [-0.2, -0.15) is 0 Å². The third-order valence-corrected chi connectivity index (χ3v) is 10.5. The SMILES string of the molecule is CC1C(CSc2ncccn2)OC(c2cccc(-c3cccc(CN4C(=O)CC(NC(=O)OCc5ccccc5)C4=O)c3)c2)OC1c1ccc(CO)cc1. The van der Waals surface area contributed by atoms with Crippen LogP contribution in [0.25, 0.3) is 11.1 Å². The van der Waals surface area contributed by atoms with Gasteiger partial charge in [-0.3, -0.25) is 14.5 Å². The molecule has 0 saturated carbocycles. The number of hydrogen-bond acceptors (Lipinski definition) is 10. The molecule has 0 aliphatic carbocycles. The van der Waals surface area contributed by atoms with E-state index in [9.17, 15) is 19.5 Å². The van der Waals surface area contributed by atoms with Gasteiger partial charge in [-0.15, -0.1) is 0 Å². The number of thioether (sulfide) groups is 1. The summed E-state index contributed by atoms with van der Waals surface area (Å²) in [5, 5.41) is 12.8. The van der Waals surface area contributed by atoms with Crippen molar-refractivity contribution in [2.75, 3.05) is 5.75 Å². The Morgan fingerprint density at radius 2 is 1.57 bits per heavy atom. The van der Waals surface area contributed by atoms with Crippen LogP contribution in [0, 0.1) is 5.92 Å². The van der Waals surface area contributed by atoms with Crippen LogP contribution in [0.2, 0.25) is 0 Å². The van der Waals surface area contributed by atoms with Crippen molar-refractivity contribution in [1.82, 2.24) is 20.2 Å². The van der Waals surface area contributed by atoms with Crippen LogP contribution in [0.5, 0.6) is 0 Å². The molecule has 4 aromatic carbocycles. The number of nitrogens with zero attached hydrogens (tertiary/aromatic N) is 3. The number of hydrogen-bond donors (Lipinski definition) is 2. The lowest BCUT2D eigenvalue weighted by Crippen LogP contribution is -2.41. The summed E-state index contributed by atoms with van der Waals surface area (Å²) in [6.45, 7) is 2.20. The summed E-state index contributed by atoms with van der Waals surface area (Å²) >= 11 is 1.54. The third-order valence-electron chi connectivity index (χ3n) is 9.55. The van der Waals surface area contributed by atoms with Gasteiger partial charge in [-0.1, -0.05) is 110 Å². The average molecular weight is 745 g/mol. The summed E-state index contributed by atoms with van der Waals surface area (Å²) in [5.41, 5.74) is 6.04. The van der Waals surface area contributed by atoms with E-state index in [1.807, 2.05) is 103 Å². The molecule has 12 heteroatoms. The van der Waals surface area contributed by atoms with E-state index < -0.39 is 24.3 Å². The molecule has 7 rings (SSSR count). The summed E-state index contributed by atoms with van der Waals surface area (Å²) < 4.78 is 18.6. The van der Waals surface area contributed by atoms with Crippen molar-refractivity contribution < 1.29 is 33.7 Å². The molecule has 11 nitrogen and oxygen atoms in total. The molecular weight excluding hydrogens is 705 g/mol. The van der Waals surface area contributed by atoms with Gasteiger partial charge in [-0.25, -0.2) is 14.8 Å². The Labute approximate surface area is 317 Å². The van der Waals surface area contributed by atoms with Crippen LogP contribution in [0.4, 0.5) is 4.79 Å². The Kier molecular flexibility index (Phi) is 11.7. The zero-order valence-corrected chi connectivity index (χ0v) is 30.4. The molecule has 2 saturated heterocycles. The first-order chi connectivity index (χ1) is 26.3. The van der Waals surface area contributed by atoms with Crippen molar-refractivity contribution in [3.8, 4) is 11.1 Å². The Balaban J connectivity index is 1.05. The second-order valence-electron chi connectivity index (χ2n) is 13.3. The Hall–Kier alpha value is -5.40. The molecule has 2 fully saturated rings. The highest BCUT2D eigenvalue weighted by Gasteiger charge is 2.40. The third kappa shape index (κ3) is 8.86. The van der Waals surface area contributed by atoms with Gasteiger partial charge < -0.3 is 24.6 Å². The zero-order valence-electron chi connectivity index (χ0n) is 29.6. The van der Waals surface area contributed by atoms with E-state index in [4.69, 9.17) is 14.2 Å². The van der Waals surface area contributed by atoms with Crippen molar-refractivity contribution in [1.29, 1.82) is 0 Å². The number of alkyl carbamates (subject to hydrolysis) is 1. The molecule has 3 amide bonds. The molecule has 2 aliphatic rings. The predicted molar refractivity (Wildman–Crippen MR) is 201 cm³/mol. The Morgan fingerprint density at radius 1 is 0.852 bits per heavy atom. The lowest BCUT2D eigenvalue weighted by atomic mass is 9.91. The zero-order chi connectivity index (χ0) is 37.4. The first kappa shape index (κ1) is 36.9. The van der Waals surface area contributed by atoms with Gasteiger partial charge in [0.25, 0.3) is 5.91 Å². The largest absolute Gasteiger partial charge is 0.445 e. The van der Waals surface area contributed by atoms with Crippen LogP contribution < -0.4 is 5.32 Å². The number of likely N-dealkylation sites (tertiary alicyclic amines) is 1. The van der Waals surface area contributed by atoms with Gasteiger partial charge in [0.1, 0.15) is 12.6 Å². The number of ether oxygens (including phenoxy) is 3. The number of aromatic nitrogens is 2. The fraction of sp³-hybridized carbons (Fsp3) is 0.262. The number of carbonyl (C=O) groups excluding carboxylic acids is 3. The molecular formula is C42H40N4O7S. The predicted octanol–water partition coefficient (Wildman–Crippen LogP) is 6.77. The molecule has 2 N–H and O–H groups in total. The number of nitrogens with one attached hydrogen (secondary N) is 1. The summed E-state index contributed by atoms with van der Waals surface area (Å²) in [4.78, 5) is 48.5. The molecule has 54 heavy (non-hydrogen) atoms. The maximum Gasteiger partial charge on any atom is 0.408 e. The van der Waals surface area contributed by atoms with Crippen molar-refractivity contribution >= 4 is 29.7 Å². The lowest BCUT2D eigenvalue weighted by Gasteiger charge is -2.41. The number of aliphatic hydroxyl groups is 1. The van der Waals surface area contributed by atoms with Crippen molar-refractivity contribution in [2.24, 2.45) is 5.92 Å². The van der Waals surface area contributed by atoms with Gasteiger partial charge in [0.15, 0.2) is 11.4 Å². The summed E-state index contributed by atoms with van der Waals surface area (Å²) in [7, 11) is 0. The number of carbonyl (C=O) groups is 3. The Bertz CT molecular complexity index is 2070. The molecule has 5 unspecified atom stereocenters. The maximum absolute atomic E-state index is 13.2. The lowest BCUT2D eigenvalue weighted by molar-refractivity contribution is -0.268. The smallest absolute Gasteiger partial charge is 0.408 e. The standard InChI is InChI=1S/C42H40N4O7S/c1-27-36(26-54-41-43-18-7-19-44-41)52-40(53-38(27)31-16-14-28(24-47)15-17-31)34-13-6-12-33(21-34)32-11-5-10-30(20-32)23-46-37(48)22-35(39(46)49)45-42(50)51-25-29-8-3-2-4-9-29/h2-21,27,35-36,38,40,47H,22-26H2,1H3,(H,45,50). The van der Waals surface area contributed by atoms with Crippen LogP contribution in [-0.4, -0.2) is 55.8 Å². The van der Waals surface area contributed by atoms with Crippen molar-refractivity contribution in [3.63, 3.8) is 0 Å². The number of amides is 3. The maximum atomic E-state index is 13.2.